The van der Waals surface area contributed by atoms with Crippen LogP contribution in [0.5, 0.6) is 17.2 Å². The first-order chi connectivity index (χ1) is 44.9. The normalized spacial score (nSPS) is 19.0. The summed E-state index contributed by atoms with van der Waals surface area (Å²) < 4.78 is 0. The van der Waals surface area contributed by atoms with Crippen LogP contribution in [0.25, 0.3) is 0 Å². The third kappa shape index (κ3) is 19.8. The van der Waals surface area contributed by atoms with Gasteiger partial charge in [0, 0.05) is 36.9 Å². The third-order valence-corrected chi connectivity index (χ3v) is 20.6. The largest absolute Gasteiger partial charge is 0.507 e. The maximum atomic E-state index is 13.9. The molecule has 0 radical (unpaired) electrons. The van der Waals surface area contributed by atoms with E-state index >= 15 is 0 Å². The summed E-state index contributed by atoms with van der Waals surface area (Å²) in [5.74, 6) is -0.379. The molecule has 6 saturated carbocycles. The van der Waals surface area contributed by atoms with Crippen molar-refractivity contribution < 1.29 is 44.1 Å². The van der Waals surface area contributed by atoms with Crippen molar-refractivity contribution in [1.82, 2.24) is 25.8 Å². The van der Waals surface area contributed by atoms with E-state index in [-0.39, 0.29) is 94.1 Å². The summed E-state index contributed by atoms with van der Waals surface area (Å²) >= 11 is 0. The Morgan fingerprint density at radius 2 is 0.696 bits per heavy atom. The van der Waals surface area contributed by atoms with Gasteiger partial charge >= 0.3 is 0 Å². The lowest BCUT2D eigenvalue weighted by Gasteiger charge is -2.44. The Morgan fingerprint density at radius 3 is 1.08 bits per heavy atom. The number of phenols is 3. The van der Waals surface area contributed by atoms with Crippen molar-refractivity contribution in [2.24, 2.45) is 17.8 Å². The molecule has 6 fully saturated rings. The molecule has 0 aliphatic heterocycles. The van der Waals surface area contributed by atoms with Gasteiger partial charge in [0.1, 0.15) is 35.4 Å². The molecule has 4 aromatic rings. The van der Waals surface area contributed by atoms with Crippen LogP contribution in [0.1, 0.15) is 263 Å². The monoisotopic (exact) mass is 1260 g/mol. The van der Waals surface area contributed by atoms with Crippen LogP contribution in [0, 0.1) is 17.8 Å². The van der Waals surface area contributed by atoms with Gasteiger partial charge in [-0.3, -0.25) is 33.7 Å². The minimum atomic E-state index is -0.600. The molecule has 6 aliphatic rings. The number of unbranched alkanes of at least 4 members (excludes halogenated alkanes) is 2. The molecule has 0 saturated heterocycles. The fourth-order valence-electron chi connectivity index (χ4n) is 15.7. The fraction of sp³-hybridized carbons (Fsp3) is 0.610. The number of hydrogen-bond acceptors (Lipinski definition) is 9. The molecule has 0 bridgehead atoms. The van der Waals surface area contributed by atoms with Crippen molar-refractivity contribution in [1.29, 1.82) is 0 Å². The molecule has 3 unspecified atom stereocenters. The number of carbonyl (C=O) groups excluding carboxylic acids is 6. The van der Waals surface area contributed by atoms with Crippen LogP contribution in [-0.2, 0) is 14.4 Å². The summed E-state index contributed by atoms with van der Waals surface area (Å²) in [6.45, 7) is 5.46. The SMILES string of the molecule is CCCCNC(=O)C(C1CCCCC1)N(C(=O)c1ccccc1O)C1CCCCC1.CCCCNC(=O)C(C1CCCCC1)N(C(=O)c1ccccc1O)c1ccccc1.O=C(NC1CCCCC1)C(C1CCCCC1)N(C(=O)c1ccccc1O)C1CCCCC1. The quantitative estimate of drug-likeness (QED) is 0.0413. The standard InChI is InChI=1S/C27H40N2O3.C25H38N2O3.C25H32N2O3/c30-24-19-11-10-18-23(24)27(32)29(22-16-8-3-9-17-22)25(20-12-4-1-5-13-20)26(31)28-21-14-6-2-7-15-21;2*1-2-3-18-26-24(29)23(19-12-6-4-7-13-19)27(20-14-8-5-9-15-20)25(30)21-16-10-11-17-22(21)28/h10-11,18-22,25,30H,1-9,12-17H2,(H,28,31);10-11,16-17,19-20,23,28H,2-9,12-15,18H2,1H3,(H,26,29);5,8-11,14-17,19,23,28H,2-4,6-7,12-13,18H2,1H3,(H,26,29). The van der Waals surface area contributed by atoms with Gasteiger partial charge < -0.3 is 41.1 Å². The van der Waals surface area contributed by atoms with Crippen LogP contribution in [-0.4, -0.2) is 110 Å². The molecule has 10 rings (SSSR count). The van der Waals surface area contributed by atoms with Crippen molar-refractivity contribution in [3.05, 3.63) is 120 Å². The molecule has 3 atom stereocenters. The van der Waals surface area contributed by atoms with E-state index in [2.05, 4.69) is 29.8 Å². The Hall–Kier alpha value is -6.90. The summed E-state index contributed by atoms with van der Waals surface area (Å²) in [6, 6.07) is 28.3. The molecule has 15 heteroatoms. The lowest BCUT2D eigenvalue weighted by Crippen LogP contribution is -2.59. The second-order valence-electron chi connectivity index (χ2n) is 27.2. The van der Waals surface area contributed by atoms with Gasteiger partial charge in [0.25, 0.3) is 17.7 Å². The van der Waals surface area contributed by atoms with Crippen LogP contribution < -0.4 is 20.9 Å². The molecule has 0 spiro atoms. The third-order valence-electron chi connectivity index (χ3n) is 20.6. The predicted molar refractivity (Wildman–Crippen MR) is 366 cm³/mol. The highest BCUT2D eigenvalue weighted by molar-refractivity contribution is 6.11. The minimum Gasteiger partial charge on any atom is -0.507 e. The van der Waals surface area contributed by atoms with Gasteiger partial charge in [0.2, 0.25) is 17.7 Å². The topological polar surface area (TPSA) is 209 Å². The second-order valence-corrected chi connectivity index (χ2v) is 27.2. The van der Waals surface area contributed by atoms with Gasteiger partial charge in [0.05, 0.1) is 16.7 Å². The number of nitrogens with one attached hydrogen (secondary N) is 3. The molecule has 6 aliphatic carbocycles. The maximum Gasteiger partial charge on any atom is 0.262 e. The Morgan fingerprint density at radius 1 is 0.380 bits per heavy atom. The van der Waals surface area contributed by atoms with Crippen LogP contribution in [0.4, 0.5) is 5.69 Å². The van der Waals surface area contributed by atoms with Crippen molar-refractivity contribution in [3.8, 4) is 17.2 Å². The molecule has 15 nitrogen and oxygen atoms in total. The molecule has 4 aromatic carbocycles. The number of para-hydroxylation sites is 4. The number of carbonyl (C=O) groups is 6. The number of phenolic OH excluding ortho intramolecular Hbond substituents is 3. The smallest absolute Gasteiger partial charge is 0.262 e. The van der Waals surface area contributed by atoms with E-state index in [9.17, 15) is 44.1 Å². The van der Waals surface area contributed by atoms with Gasteiger partial charge in [-0.1, -0.05) is 197 Å². The zero-order chi connectivity index (χ0) is 65.0. The van der Waals surface area contributed by atoms with Crippen LogP contribution in [0.2, 0.25) is 0 Å². The lowest BCUT2D eigenvalue weighted by molar-refractivity contribution is -0.130. The molecule has 6 amide bonds. The van der Waals surface area contributed by atoms with Crippen LogP contribution >= 0.6 is 0 Å². The molecule has 6 N–H and O–H groups in total. The van der Waals surface area contributed by atoms with Gasteiger partial charge in [0.15, 0.2) is 0 Å². The van der Waals surface area contributed by atoms with E-state index in [1.54, 1.807) is 71.6 Å². The van der Waals surface area contributed by atoms with Gasteiger partial charge in [-0.15, -0.1) is 0 Å². The summed E-state index contributed by atoms with van der Waals surface area (Å²) in [5.41, 5.74) is 1.52. The number of anilines is 1. The van der Waals surface area contributed by atoms with E-state index in [0.29, 0.717) is 29.9 Å². The summed E-state index contributed by atoms with van der Waals surface area (Å²) in [5, 5.41) is 40.7. The number of benzene rings is 4. The first-order valence-electron chi connectivity index (χ1n) is 36.1. The molecule has 0 heterocycles. The summed E-state index contributed by atoms with van der Waals surface area (Å²) in [7, 11) is 0. The van der Waals surface area contributed by atoms with E-state index in [0.717, 1.165) is 167 Å². The van der Waals surface area contributed by atoms with Crippen molar-refractivity contribution >= 4 is 41.1 Å². The Kier molecular flexibility index (Phi) is 29.1. The molecule has 92 heavy (non-hydrogen) atoms. The van der Waals surface area contributed by atoms with Crippen molar-refractivity contribution in [2.45, 2.75) is 268 Å². The number of hydrogen-bond donors (Lipinski definition) is 6. The first-order valence-corrected chi connectivity index (χ1v) is 36.1. The Balaban J connectivity index is 0.000000178. The van der Waals surface area contributed by atoms with Gasteiger partial charge in [-0.2, -0.15) is 0 Å². The molecular formula is C77H110N6O9. The van der Waals surface area contributed by atoms with Gasteiger partial charge in [-0.25, -0.2) is 0 Å². The number of amides is 6. The summed E-state index contributed by atoms with van der Waals surface area (Å²) in [6.07, 6.45) is 36.1. The zero-order valence-corrected chi connectivity index (χ0v) is 55.6. The molecular weight excluding hydrogens is 1150 g/mol. The van der Waals surface area contributed by atoms with Gasteiger partial charge in [-0.05, 0) is 156 Å². The average molecular weight is 1260 g/mol. The molecule has 502 valence electrons. The number of rotatable bonds is 22. The predicted octanol–water partition coefficient (Wildman–Crippen LogP) is 15.5. The van der Waals surface area contributed by atoms with E-state index in [1.807, 2.05) is 40.1 Å². The number of aromatic hydroxyl groups is 3. The van der Waals surface area contributed by atoms with E-state index < -0.39 is 18.1 Å². The summed E-state index contributed by atoms with van der Waals surface area (Å²) in [4.78, 5) is 87.5. The van der Waals surface area contributed by atoms with E-state index in [1.165, 1.54) is 57.4 Å². The van der Waals surface area contributed by atoms with E-state index in [4.69, 9.17) is 0 Å². The maximum absolute atomic E-state index is 13.9. The lowest BCUT2D eigenvalue weighted by atomic mass is 9.80. The Labute approximate surface area is 549 Å². The second kappa shape index (κ2) is 37.7. The average Bonchev–Trinajstić information content (AvgIpc) is 0.870. The van der Waals surface area contributed by atoms with Crippen LogP contribution in [0.15, 0.2) is 103 Å². The van der Waals surface area contributed by atoms with Crippen molar-refractivity contribution in [2.75, 3.05) is 18.0 Å². The zero-order valence-electron chi connectivity index (χ0n) is 55.6. The van der Waals surface area contributed by atoms with Crippen molar-refractivity contribution in [3.63, 3.8) is 0 Å². The highest BCUT2D eigenvalue weighted by Gasteiger charge is 2.45. The van der Waals surface area contributed by atoms with Crippen LogP contribution in [0.3, 0.4) is 0 Å². The minimum absolute atomic E-state index is 0.00269. The number of nitrogens with zero attached hydrogens (tertiary/aromatic N) is 3. The first kappa shape index (κ1) is 71.0. The molecule has 0 aromatic heterocycles. The highest BCUT2D eigenvalue weighted by Crippen LogP contribution is 2.39. The Bertz CT molecular complexity index is 2900. The fourth-order valence-corrected chi connectivity index (χ4v) is 15.7. The highest BCUT2D eigenvalue weighted by atomic mass is 16.3.